The van der Waals surface area contributed by atoms with Gasteiger partial charge in [0.2, 0.25) is 12.0 Å². The molecule has 41 heavy (non-hydrogen) atoms. The first kappa shape index (κ1) is 29.5. The molecule has 1 fully saturated rings. The topological polar surface area (TPSA) is 231 Å². The van der Waals surface area contributed by atoms with Crippen LogP contribution in [0, 0.1) is 0 Å². The normalized spacial score (nSPS) is 25.2. The highest BCUT2D eigenvalue weighted by atomic mass is 16.7. The zero-order valence-corrected chi connectivity index (χ0v) is 21.7. The van der Waals surface area contributed by atoms with Gasteiger partial charge in [0, 0.05) is 17.7 Å². The van der Waals surface area contributed by atoms with Crippen LogP contribution in [0.3, 0.4) is 0 Å². The fourth-order valence-corrected chi connectivity index (χ4v) is 4.27. The van der Waals surface area contributed by atoms with Crippen molar-refractivity contribution in [1.29, 1.82) is 0 Å². The van der Waals surface area contributed by atoms with Crippen molar-refractivity contribution < 1.29 is 73.8 Å². The molecule has 2 aromatic rings. The molecule has 2 aromatic carbocycles. The van der Waals surface area contributed by atoms with Crippen LogP contribution < -0.4 is 14.2 Å². The number of ether oxygens (including phenoxy) is 6. The predicted octanol–water partition coefficient (Wildman–Crippen LogP) is 0.137. The molecular formula is C26H28O15. The van der Waals surface area contributed by atoms with Crippen LogP contribution in [0.1, 0.15) is 23.7 Å². The Morgan fingerprint density at radius 2 is 1.59 bits per heavy atom. The van der Waals surface area contributed by atoms with Crippen molar-refractivity contribution in [2.75, 3.05) is 20.8 Å². The summed E-state index contributed by atoms with van der Waals surface area (Å²) in [4.78, 5) is 22.4. The molecule has 0 bridgehead atoms. The second-order valence-electron chi connectivity index (χ2n) is 9.08. The summed E-state index contributed by atoms with van der Waals surface area (Å²) >= 11 is 0. The average molecular weight is 580 g/mol. The third-order valence-corrected chi connectivity index (χ3v) is 6.32. The van der Waals surface area contributed by atoms with Crippen LogP contribution in [-0.2, 0) is 23.8 Å². The number of methoxy groups -OCH3 is 2. The fraction of sp³-hybridized carbons (Fsp3) is 0.385. The van der Waals surface area contributed by atoms with E-state index in [1.807, 2.05) is 0 Å². The number of aliphatic carboxylic acids is 1. The number of aliphatic hydroxyl groups is 3. The highest BCUT2D eigenvalue weighted by molar-refractivity contribution is 5.90. The number of phenolic OH excluding ortho intramolecular Hbond substituents is 3. The first-order valence-corrected chi connectivity index (χ1v) is 12.1. The molecule has 0 spiro atoms. The predicted molar refractivity (Wildman–Crippen MR) is 133 cm³/mol. The molecule has 0 radical (unpaired) electrons. The quantitative estimate of drug-likeness (QED) is 0.154. The number of hydrogen-bond acceptors (Lipinski definition) is 14. The molecule has 0 aromatic heterocycles. The minimum Gasteiger partial charge on any atom is -0.508 e. The fourth-order valence-electron chi connectivity index (χ4n) is 4.27. The van der Waals surface area contributed by atoms with Gasteiger partial charge < -0.3 is 64.2 Å². The van der Waals surface area contributed by atoms with E-state index in [9.17, 15) is 40.2 Å². The van der Waals surface area contributed by atoms with Gasteiger partial charge in [-0.15, -0.1) is 0 Å². The monoisotopic (exact) mass is 580 g/mol. The minimum absolute atomic E-state index is 0.00240. The van der Waals surface area contributed by atoms with Gasteiger partial charge in [0.05, 0.1) is 19.8 Å². The van der Waals surface area contributed by atoms with Crippen molar-refractivity contribution in [3.63, 3.8) is 0 Å². The lowest BCUT2D eigenvalue weighted by atomic mass is 9.98. The van der Waals surface area contributed by atoms with Gasteiger partial charge in [0.25, 0.3) is 0 Å². The first-order chi connectivity index (χ1) is 19.4. The molecule has 7 N–H and O–H groups in total. The maximum Gasteiger partial charge on any atom is 0.317 e. The molecule has 6 unspecified atom stereocenters. The third kappa shape index (κ3) is 6.17. The van der Waals surface area contributed by atoms with Crippen molar-refractivity contribution in [3.05, 3.63) is 41.2 Å². The van der Waals surface area contributed by atoms with Crippen molar-refractivity contribution in [2.24, 2.45) is 0 Å². The largest absolute Gasteiger partial charge is 0.508 e. The molecule has 0 aliphatic carbocycles. The molecule has 4 rings (SSSR count). The lowest BCUT2D eigenvalue weighted by Gasteiger charge is -2.41. The van der Waals surface area contributed by atoms with E-state index in [1.54, 1.807) is 0 Å². The molecule has 2 aliphatic heterocycles. The lowest BCUT2D eigenvalue weighted by Crippen LogP contribution is -2.59. The van der Waals surface area contributed by atoms with E-state index in [0.717, 1.165) is 6.07 Å². The maximum atomic E-state index is 11.7. The van der Waals surface area contributed by atoms with Gasteiger partial charge in [-0.3, -0.25) is 9.59 Å². The summed E-state index contributed by atoms with van der Waals surface area (Å²) in [5.74, 6) is -3.62. The Kier molecular flexibility index (Phi) is 8.63. The molecule has 0 amide bonds. The number of carbonyl (C=O) groups is 2. The Hall–Kier alpha value is -4.44. The highest BCUT2D eigenvalue weighted by Gasteiger charge is 2.46. The minimum atomic E-state index is -1.84. The molecular weight excluding hydrogens is 552 g/mol. The van der Waals surface area contributed by atoms with Gasteiger partial charge >= 0.3 is 11.9 Å². The van der Waals surface area contributed by atoms with Crippen LogP contribution in [0.4, 0.5) is 0 Å². The van der Waals surface area contributed by atoms with Crippen molar-refractivity contribution in [2.45, 2.75) is 43.2 Å². The van der Waals surface area contributed by atoms with Crippen molar-refractivity contribution in [1.82, 2.24) is 0 Å². The van der Waals surface area contributed by atoms with Crippen molar-refractivity contribution in [3.8, 4) is 34.5 Å². The van der Waals surface area contributed by atoms with Crippen LogP contribution in [-0.4, -0.2) is 99.2 Å². The standard InChI is InChI=1S/C26H28O15/c1-36-15-3-10(4-16(37-2)21(15)32)25-17(7-12-13(28)5-11(27)6-14(12)39-25)40-26-24(35)23(34)22(33)18(41-26)9-38-20(31)8-19(29)30/h3-7,18,22-28,32-35H,8-9H2,1-2H3,(H,29,30). The van der Waals surface area contributed by atoms with E-state index in [1.165, 1.54) is 38.5 Å². The molecule has 6 atom stereocenters. The van der Waals surface area contributed by atoms with Crippen LogP contribution in [0.15, 0.2) is 30.0 Å². The number of carbonyl (C=O) groups excluding carboxylic acids is 1. The van der Waals surface area contributed by atoms with Gasteiger partial charge in [-0.1, -0.05) is 0 Å². The lowest BCUT2D eigenvalue weighted by molar-refractivity contribution is -0.294. The molecule has 222 valence electrons. The second kappa shape index (κ2) is 12.0. The maximum absolute atomic E-state index is 11.7. The van der Waals surface area contributed by atoms with E-state index in [4.69, 9.17) is 33.5 Å². The van der Waals surface area contributed by atoms with E-state index in [0.29, 0.717) is 0 Å². The highest BCUT2D eigenvalue weighted by Crippen LogP contribution is 2.47. The summed E-state index contributed by atoms with van der Waals surface area (Å²) in [6, 6.07) is 5.08. The number of carboxylic acid groups (broad SMARTS) is 1. The summed E-state index contributed by atoms with van der Waals surface area (Å²) in [6.45, 7) is -0.675. The number of carboxylic acids is 1. The van der Waals surface area contributed by atoms with Gasteiger partial charge in [-0.05, 0) is 18.2 Å². The second-order valence-corrected chi connectivity index (χ2v) is 9.08. The van der Waals surface area contributed by atoms with E-state index in [-0.39, 0.29) is 51.4 Å². The summed E-state index contributed by atoms with van der Waals surface area (Å²) < 4.78 is 32.7. The van der Waals surface area contributed by atoms with Crippen LogP contribution in [0.5, 0.6) is 34.5 Å². The zero-order valence-electron chi connectivity index (χ0n) is 21.7. The Labute approximate surface area is 231 Å². The molecule has 15 nitrogen and oxygen atoms in total. The SMILES string of the molecule is COc1cc(C2Oc3cc(O)cc(O)c3C=C2OC2OC(COC(=O)CC(=O)O)C(O)C(O)C2O)cc(OC)c1O. The van der Waals surface area contributed by atoms with E-state index in [2.05, 4.69) is 0 Å². The van der Waals surface area contributed by atoms with E-state index < -0.39 is 61.8 Å². The smallest absolute Gasteiger partial charge is 0.317 e. The Balaban J connectivity index is 1.69. The summed E-state index contributed by atoms with van der Waals surface area (Å²) in [5.41, 5.74) is 0.359. The number of fused-ring (bicyclic) bond motifs is 1. The van der Waals surface area contributed by atoms with Gasteiger partial charge in [0.15, 0.2) is 17.6 Å². The number of benzene rings is 2. The average Bonchev–Trinajstić information content (AvgIpc) is 2.92. The van der Waals surface area contributed by atoms with Crippen LogP contribution in [0.2, 0.25) is 0 Å². The summed E-state index contributed by atoms with van der Waals surface area (Å²) in [6.07, 6.45) is -9.38. The van der Waals surface area contributed by atoms with E-state index >= 15 is 0 Å². The van der Waals surface area contributed by atoms with Crippen LogP contribution >= 0.6 is 0 Å². The number of aromatic hydroxyl groups is 3. The number of rotatable bonds is 9. The third-order valence-electron chi connectivity index (χ3n) is 6.32. The summed E-state index contributed by atoms with van der Waals surface area (Å²) in [5, 5.41) is 70.9. The first-order valence-electron chi connectivity index (χ1n) is 12.1. The molecule has 15 heteroatoms. The van der Waals surface area contributed by atoms with Crippen LogP contribution in [0.25, 0.3) is 6.08 Å². The number of aliphatic hydroxyl groups excluding tert-OH is 3. The van der Waals surface area contributed by atoms with Gasteiger partial charge in [-0.2, -0.15) is 0 Å². The molecule has 2 heterocycles. The number of hydrogen-bond donors (Lipinski definition) is 7. The zero-order chi connectivity index (χ0) is 30.0. The Morgan fingerprint density at radius 3 is 2.20 bits per heavy atom. The van der Waals surface area contributed by atoms with Gasteiger partial charge in [0.1, 0.15) is 60.5 Å². The number of phenols is 3. The molecule has 1 saturated heterocycles. The number of esters is 1. The molecule has 0 saturated carbocycles. The Morgan fingerprint density at radius 1 is 0.927 bits per heavy atom. The summed E-state index contributed by atoms with van der Waals surface area (Å²) in [7, 11) is 2.61. The molecule has 2 aliphatic rings. The Bertz CT molecular complexity index is 1310. The van der Waals surface area contributed by atoms with Gasteiger partial charge in [-0.25, -0.2) is 0 Å². The van der Waals surface area contributed by atoms with Crippen molar-refractivity contribution >= 4 is 18.0 Å².